The van der Waals surface area contributed by atoms with E-state index in [4.69, 9.17) is 9.47 Å². The molecule has 3 rings (SSSR count). The second-order valence-corrected chi connectivity index (χ2v) is 9.47. The summed E-state index contributed by atoms with van der Waals surface area (Å²) >= 11 is 1.16. The number of nitrogens with zero attached hydrogens (tertiary/aromatic N) is 1. The van der Waals surface area contributed by atoms with Gasteiger partial charge in [0.2, 0.25) is 0 Å². The van der Waals surface area contributed by atoms with Crippen LogP contribution in [-0.2, 0) is 16.6 Å². The number of carbonyl (C=O) groups is 1. The van der Waals surface area contributed by atoms with Crippen LogP contribution < -0.4 is 19.1 Å². The Balaban J connectivity index is 1.67. The van der Waals surface area contributed by atoms with Gasteiger partial charge in [-0.05, 0) is 53.4 Å². The molecule has 2 aromatic carbocycles. The number of methoxy groups -OCH3 is 2. The van der Waals surface area contributed by atoms with Crippen LogP contribution in [0.25, 0.3) is 0 Å². The third kappa shape index (κ3) is 4.58. The number of ether oxygens (including phenoxy) is 2. The minimum Gasteiger partial charge on any atom is -0.493 e. The molecule has 158 valence electrons. The largest absolute Gasteiger partial charge is 0.493 e. The highest BCUT2D eigenvalue weighted by atomic mass is 32.2. The first kappa shape index (κ1) is 21.7. The van der Waals surface area contributed by atoms with Crippen LogP contribution in [0, 0.1) is 0 Å². The molecule has 0 bridgehead atoms. The van der Waals surface area contributed by atoms with Gasteiger partial charge >= 0.3 is 0 Å². The smallest absolute Gasteiger partial charge is 0.273 e. The summed E-state index contributed by atoms with van der Waals surface area (Å²) in [7, 11) is 0.991. The molecule has 1 aromatic heterocycles. The maximum absolute atomic E-state index is 12.6. The van der Waals surface area contributed by atoms with E-state index in [-0.39, 0.29) is 10.1 Å². The molecule has 0 saturated carbocycles. The first-order valence-corrected chi connectivity index (χ1v) is 11.3. The van der Waals surface area contributed by atoms with Crippen LogP contribution in [0.1, 0.15) is 15.9 Å². The molecule has 0 saturated heterocycles. The molecule has 0 atom stereocenters. The maximum atomic E-state index is 12.6. The van der Waals surface area contributed by atoms with Gasteiger partial charge in [0, 0.05) is 19.2 Å². The average Bonchev–Trinajstić information content (AvgIpc) is 3.32. The molecule has 0 aliphatic rings. The first-order chi connectivity index (χ1) is 14.4. The lowest BCUT2D eigenvalue weighted by Crippen LogP contribution is -2.26. The highest BCUT2D eigenvalue weighted by Crippen LogP contribution is 2.28. The Bertz CT molecular complexity index is 1110. The molecule has 0 fully saturated rings. The normalized spacial score (nSPS) is 11.0. The van der Waals surface area contributed by atoms with Gasteiger partial charge in [0.25, 0.3) is 15.9 Å². The van der Waals surface area contributed by atoms with E-state index in [9.17, 15) is 13.2 Å². The number of rotatable bonds is 8. The molecule has 7 nitrogen and oxygen atoms in total. The number of amides is 1. The Labute approximate surface area is 179 Å². The Kier molecular flexibility index (Phi) is 6.63. The van der Waals surface area contributed by atoms with Crippen LogP contribution >= 0.6 is 11.3 Å². The van der Waals surface area contributed by atoms with Crippen molar-refractivity contribution >= 4 is 33.0 Å². The topological polar surface area (TPSA) is 84.9 Å². The SMILES string of the molecule is COc1ccc(CNC(=O)c2ccc(N(C)S(=O)(=O)c3cccs3)cc2)cc1OC. The standard InChI is InChI=1S/C21H22N2O5S2/c1-23(30(25,26)20-5-4-12-29-20)17-9-7-16(8-10-17)21(24)22-14-15-6-11-18(27-2)19(13-15)28-3/h4-13H,14H2,1-3H3,(H,22,24). The highest BCUT2D eigenvalue weighted by molar-refractivity contribution is 7.94. The summed E-state index contributed by atoms with van der Waals surface area (Å²) in [5.41, 5.74) is 1.76. The fraction of sp³-hybridized carbons (Fsp3) is 0.190. The second kappa shape index (κ2) is 9.19. The molecule has 30 heavy (non-hydrogen) atoms. The number of carbonyl (C=O) groups excluding carboxylic acids is 1. The molecule has 1 amide bonds. The monoisotopic (exact) mass is 446 g/mol. The molecular formula is C21H22N2O5S2. The lowest BCUT2D eigenvalue weighted by Gasteiger charge is -2.18. The van der Waals surface area contributed by atoms with Crippen LogP contribution in [0.5, 0.6) is 11.5 Å². The van der Waals surface area contributed by atoms with Crippen molar-refractivity contribution < 1.29 is 22.7 Å². The number of benzene rings is 2. The molecule has 0 unspecified atom stereocenters. The lowest BCUT2D eigenvalue weighted by atomic mass is 10.1. The summed E-state index contributed by atoms with van der Waals surface area (Å²) in [6.07, 6.45) is 0. The van der Waals surface area contributed by atoms with Gasteiger partial charge in [-0.1, -0.05) is 12.1 Å². The molecule has 0 aliphatic carbocycles. The number of sulfonamides is 1. The highest BCUT2D eigenvalue weighted by Gasteiger charge is 2.22. The van der Waals surface area contributed by atoms with Gasteiger partial charge in [-0.3, -0.25) is 9.10 Å². The zero-order valence-electron chi connectivity index (χ0n) is 16.8. The van der Waals surface area contributed by atoms with Crippen molar-refractivity contribution in [2.75, 3.05) is 25.6 Å². The molecule has 1 N–H and O–H groups in total. The number of thiophene rings is 1. The summed E-state index contributed by atoms with van der Waals surface area (Å²) in [6, 6.07) is 15.1. The van der Waals surface area contributed by atoms with E-state index in [1.807, 2.05) is 6.07 Å². The Morgan fingerprint density at radius 1 is 1.03 bits per heavy atom. The summed E-state index contributed by atoms with van der Waals surface area (Å²) in [6.45, 7) is 0.313. The van der Waals surface area contributed by atoms with Gasteiger partial charge in [0.15, 0.2) is 11.5 Å². The molecule has 0 spiro atoms. The quantitative estimate of drug-likeness (QED) is 0.572. The van der Waals surface area contributed by atoms with Crippen LogP contribution in [0.2, 0.25) is 0 Å². The van der Waals surface area contributed by atoms with Crippen LogP contribution in [0.3, 0.4) is 0 Å². The van der Waals surface area contributed by atoms with Crippen molar-refractivity contribution in [1.29, 1.82) is 0 Å². The van der Waals surface area contributed by atoms with Gasteiger partial charge in [-0.2, -0.15) is 0 Å². The van der Waals surface area contributed by atoms with E-state index >= 15 is 0 Å². The zero-order valence-corrected chi connectivity index (χ0v) is 18.4. The fourth-order valence-corrected chi connectivity index (χ4v) is 5.14. The van der Waals surface area contributed by atoms with Crippen LogP contribution in [0.15, 0.2) is 64.2 Å². The Morgan fingerprint density at radius 2 is 1.73 bits per heavy atom. The van der Waals surface area contributed by atoms with E-state index in [1.54, 1.807) is 68.1 Å². The first-order valence-electron chi connectivity index (χ1n) is 8.98. The molecule has 1 heterocycles. The zero-order chi connectivity index (χ0) is 21.7. The van der Waals surface area contributed by atoms with Crippen molar-refractivity contribution in [2.45, 2.75) is 10.8 Å². The number of hydrogen-bond acceptors (Lipinski definition) is 6. The third-order valence-corrected chi connectivity index (χ3v) is 7.66. The van der Waals surface area contributed by atoms with E-state index in [1.165, 1.54) is 11.4 Å². The van der Waals surface area contributed by atoms with E-state index in [0.717, 1.165) is 16.9 Å². The van der Waals surface area contributed by atoms with Crippen molar-refractivity contribution in [3.63, 3.8) is 0 Å². The lowest BCUT2D eigenvalue weighted by molar-refractivity contribution is 0.0951. The minimum absolute atomic E-state index is 0.264. The summed E-state index contributed by atoms with van der Waals surface area (Å²) < 4.78 is 37.2. The van der Waals surface area contributed by atoms with Gasteiger partial charge in [-0.25, -0.2) is 8.42 Å². The Morgan fingerprint density at radius 3 is 2.33 bits per heavy atom. The summed E-state index contributed by atoms with van der Waals surface area (Å²) in [5, 5.41) is 4.55. The molecule has 0 aliphatic heterocycles. The number of hydrogen-bond donors (Lipinski definition) is 1. The van der Waals surface area contributed by atoms with E-state index < -0.39 is 10.0 Å². The maximum Gasteiger partial charge on any atom is 0.273 e. The van der Waals surface area contributed by atoms with Crippen molar-refractivity contribution in [3.8, 4) is 11.5 Å². The average molecular weight is 447 g/mol. The number of nitrogens with one attached hydrogen (secondary N) is 1. The minimum atomic E-state index is -3.61. The second-order valence-electron chi connectivity index (χ2n) is 6.32. The molecule has 3 aromatic rings. The predicted octanol–water partition coefficient (Wildman–Crippen LogP) is 3.52. The van der Waals surface area contributed by atoms with Crippen molar-refractivity contribution in [2.24, 2.45) is 0 Å². The predicted molar refractivity (Wildman–Crippen MR) is 117 cm³/mol. The molecule has 9 heteroatoms. The van der Waals surface area contributed by atoms with E-state index in [2.05, 4.69) is 5.32 Å². The van der Waals surface area contributed by atoms with Gasteiger partial charge in [-0.15, -0.1) is 11.3 Å². The van der Waals surface area contributed by atoms with E-state index in [0.29, 0.717) is 29.3 Å². The fourth-order valence-electron chi connectivity index (χ4n) is 2.78. The van der Waals surface area contributed by atoms with Gasteiger partial charge < -0.3 is 14.8 Å². The molecule has 0 radical (unpaired) electrons. The molecular weight excluding hydrogens is 424 g/mol. The van der Waals surface area contributed by atoms with Crippen molar-refractivity contribution in [1.82, 2.24) is 5.32 Å². The van der Waals surface area contributed by atoms with Gasteiger partial charge in [0.05, 0.1) is 19.9 Å². The summed E-state index contributed by atoms with van der Waals surface area (Å²) in [5.74, 6) is 0.938. The van der Waals surface area contributed by atoms with Gasteiger partial charge in [0.1, 0.15) is 4.21 Å². The summed E-state index contributed by atoms with van der Waals surface area (Å²) in [4.78, 5) is 12.5. The van der Waals surface area contributed by atoms with Crippen LogP contribution in [-0.4, -0.2) is 35.6 Å². The van der Waals surface area contributed by atoms with Crippen LogP contribution in [0.4, 0.5) is 5.69 Å². The Hall–Kier alpha value is -3.04. The third-order valence-electron chi connectivity index (χ3n) is 4.50. The number of anilines is 1. The van der Waals surface area contributed by atoms with Crippen molar-refractivity contribution in [3.05, 3.63) is 71.1 Å².